The van der Waals surface area contributed by atoms with Gasteiger partial charge < -0.3 is 9.47 Å². The molecule has 21 heavy (non-hydrogen) atoms. The first-order chi connectivity index (χ1) is 10.0. The summed E-state index contributed by atoms with van der Waals surface area (Å²) in [5.74, 6) is 3.28. The second-order valence-corrected chi connectivity index (χ2v) is 5.55. The Morgan fingerprint density at radius 3 is 2.14 bits per heavy atom. The molecule has 0 aliphatic heterocycles. The van der Waals surface area contributed by atoms with Gasteiger partial charge in [-0.2, -0.15) is 4.98 Å². The minimum Gasteiger partial charge on any atom is -0.493 e. The van der Waals surface area contributed by atoms with E-state index in [0.717, 1.165) is 11.5 Å². The fourth-order valence-electron chi connectivity index (χ4n) is 1.88. The van der Waals surface area contributed by atoms with Gasteiger partial charge in [-0.25, -0.2) is 4.98 Å². The molecule has 0 aliphatic carbocycles. The molecule has 0 amide bonds. The monoisotopic (exact) mass is 286 g/mol. The van der Waals surface area contributed by atoms with Gasteiger partial charge in [0.15, 0.2) is 11.5 Å². The number of hydrogen-bond acceptors (Lipinski definition) is 4. The molecule has 0 radical (unpaired) electrons. The predicted octanol–water partition coefficient (Wildman–Crippen LogP) is 4.52. The molecule has 0 bridgehead atoms. The molecule has 2 aromatic rings. The SMILES string of the molecule is COc1ccccc1Oc1cc(C(C)C)nc(C(C)C)n1. The minimum absolute atomic E-state index is 0.253. The van der Waals surface area contributed by atoms with Crippen molar-refractivity contribution in [2.45, 2.75) is 39.5 Å². The highest BCUT2D eigenvalue weighted by molar-refractivity contribution is 5.41. The molecule has 112 valence electrons. The van der Waals surface area contributed by atoms with Crippen LogP contribution >= 0.6 is 0 Å². The highest BCUT2D eigenvalue weighted by Crippen LogP contribution is 2.31. The fraction of sp³-hybridized carbons (Fsp3) is 0.412. The van der Waals surface area contributed by atoms with Crippen LogP contribution in [0.3, 0.4) is 0 Å². The molecule has 0 N–H and O–H groups in total. The second kappa shape index (κ2) is 6.57. The predicted molar refractivity (Wildman–Crippen MR) is 83.3 cm³/mol. The van der Waals surface area contributed by atoms with E-state index in [1.54, 1.807) is 7.11 Å². The lowest BCUT2D eigenvalue weighted by atomic mass is 10.1. The first kappa shape index (κ1) is 15.3. The second-order valence-electron chi connectivity index (χ2n) is 5.55. The number of hydrogen-bond donors (Lipinski definition) is 0. The standard InChI is InChI=1S/C17H22N2O2/c1-11(2)13-10-16(19-17(18-13)12(3)4)21-15-9-7-6-8-14(15)20-5/h6-12H,1-5H3. The van der Waals surface area contributed by atoms with Gasteiger partial charge in [0.2, 0.25) is 5.88 Å². The largest absolute Gasteiger partial charge is 0.493 e. The Bertz CT molecular complexity index is 583. The van der Waals surface area contributed by atoms with E-state index in [2.05, 4.69) is 37.7 Å². The third-order valence-electron chi connectivity index (χ3n) is 3.13. The molecule has 0 spiro atoms. The number of aromatic nitrogens is 2. The first-order valence-corrected chi connectivity index (χ1v) is 7.21. The summed E-state index contributed by atoms with van der Waals surface area (Å²) >= 11 is 0. The number of benzene rings is 1. The highest BCUT2D eigenvalue weighted by Gasteiger charge is 2.13. The Hall–Kier alpha value is -2.10. The average Bonchev–Trinajstić information content (AvgIpc) is 2.47. The van der Waals surface area contributed by atoms with Gasteiger partial charge in [-0.3, -0.25) is 0 Å². The number of rotatable bonds is 5. The van der Waals surface area contributed by atoms with Crippen LogP contribution in [0.25, 0.3) is 0 Å². The minimum atomic E-state index is 0.253. The van der Waals surface area contributed by atoms with E-state index in [0.29, 0.717) is 23.3 Å². The highest BCUT2D eigenvalue weighted by atomic mass is 16.5. The smallest absolute Gasteiger partial charge is 0.223 e. The van der Waals surface area contributed by atoms with Crippen LogP contribution in [0.2, 0.25) is 0 Å². The third kappa shape index (κ3) is 3.72. The molecule has 0 saturated heterocycles. The van der Waals surface area contributed by atoms with Crippen LogP contribution in [0.5, 0.6) is 17.4 Å². The lowest BCUT2D eigenvalue weighted by Crippen LogP contribution is -2.04. The Balaban J connectivity index is 2.39. The Labute approximate surface area is 126 Å². The van der Waals surface area contributed by atoms with Crippen LogP contribution in [0.15, 0.2) is 30.3 Å². The molecule has 2 rings (SSSR count). The molecule has 0 saturated carbocycles. The molecule has 1 heterocycles. The van der Waals surface area contributed by atoms with E-state index >= 15 is 0 Å². The van der Waals surface area contributed by atoms with Gasteiger partial charge in [-0.15, -0.1) is 0 Å². The zero-order valence-electron chi connectivity index (χ0n) is 13.3. The summed E-state index contributed by atoms with van der Waals surface area (Å²) in [5.41, 5.74) is 0.985. The van der Waals surface area contributed by atoms with Gasteiger partial charge >= 0.3 is 0 Å². The number of nitrogens with zero attached hydrogens (tertiary/aromatic N) is 2. The van der Waals surface area contributed by atoms with Gasteiger partial charge in [0.05, 0.1) is 12.8 Å². The van der Waals surface area contributed by atoms with E-state index in [-0.39, 0.29) is 5.92 Å². The fourth-order valence-corrected chi connectivity index (χ4v) is 1.88. The van der Waals surface area contributed by atoms with E-state index in [4.69, 9.17) is 9.47 Å². The summed E-state index contributed by atoms with van der Waals surface area (Å²) in [6.45, 7) is 8.37. The molecule has 0 unspecified atom stereocenters. The van der Waals surface area contributed by atoms with E-state index in [9.17, 15) is 0 Å². The summed E-state index contributed by atoms with van der Waals surface area (Å²) in [6.07, 6.45) is 0. The van der Waals surface area contributed by atoms with E-state index in [1.165, 1.54) is 0 Å². The van der Waals surface area contributed by atoms with Crippen LogP contribution in [0.4, 0.5) is 0 Å². The molecule has 4 nitrogen and oxygen atoms in total. The lowest BCUT2D eigenvalue weighted by Gasteiger charge is -2.14. The van der Waals surface area contributed by atoms with Crippen LogP contribution in [0, 0.1) is 0 Å². The molecular formula is C17H22N2O2. The number of methoxy groups -OCH3 is 1. The summed E-state index contributed by atoms with van der Waals surface area (Å²) in [6, 6.07) is 9.44. The van der Waals surface area contributed by atoms with Crippen molar-refractivity contribution in [3.05, 3.63) is 41.9 Å². The van der Waals surface area contributed by atoms with Crippen molar-refractivity contribution in [2.75, 3.05) is 7.11 Å². The average molecular weight is 286 g/mol. The van der Waals surface area contributed by atoms with Crippen LogP contribution in [0.1, 0.15) is 51.0 Å². The lowest BCUT2D eigenvalue weighted by molar-refractivity contribution is 0.372. The Morgan fingerprint density at radius 2 is 1.57 bits per heavy atom. The quantitative estimate of drug-likeness (QED) is 0.810. The summed E-state index contributed by atoms with van der Waals surface area (Å²) in [5, 5.41) is 0. The molecule has 0 atom stereocenters. The molecule has 4 heteroatoms. The maximum atomic E-state index is 5.91. The summed E-state index contributed by atoms with van der Waals surface area (Å²) < 4.78 is 11.2. The molecule has 1 aromatic carbocycles. The third-order valence-corrected chi connectivity index (χ3v) is 3.13. The number of para-hydroxylation sites is 2. The van der Waals surface area contributed by atoms with Gasteiger partial charge in [0.1, 0.15) is 5.82 Å². The zero-order chi connectivity index (χ0) is 15.4. The van der Waals surface area contributed by atoms with Crippen LogP contribution < -0.4 is 9.47 Å². The van der Waals surface area contributed by atoms with Crippen molar-refractivity contribution in [1.29, 1.82) is 0 Å². The topological polar surface area (TPSA) is 44.2 Å². The van der Waals surface area contributed by atoms with Crippen molar-refractivity contribution in [2.24, 2.45) is 0 Å². The Morgan fingerprint density at radius 1 is 0.905 bits per heavy atom. The van der Waals surface area contributed by atoms with Crippen LogP contribution in [-0.4, -0.2) is 17.1 Å². The molecule has 1 aromatic heterocycles. The normalized spacial score (nSPS) is 11.0. The van der Waals surface area contributed by atoms with Gasteiger partial charge in [0.25, 0.3) is 0 Å². The summed E-state index contributed by atoms with van der Waals surface area (Å²) in [7, 11) is 1.63. The zero-order valence-corrected chi connectivity index (χ0v) is 13.3. The molecule has 0 fully saturated rings. The van der Waals surface area contributed by atoms with Gasteiger partial charge in [-0.1, -0.05) is 39.8 Å². The van der Waals surface area contributed by atoms with Crippen molar-refractivity contribution >= 4 is 0 Å². The van der Waals surface area contributed by atoms with Crippen molar-refractivity contribution in [3.8, 4) is 17.4 Å². The molecule has 0 aliphatic rings. The van der Waals surface area contributed by atoms with E-state index in [1.807, 2.05) is 30.3 Å². The maximum absolute atomic E-state index is 5.91. The summed E-state index contributed by atoms with van der Waals surface area (Å²) in [4.78, 5) is 9.09. The van der Waals surface area contributed by atoms with E-state index < -0.39 is 0 Å². The Kier molecular flexibility index (Phi) is 4.78. The van der Waals surface area contributed by atoms with Crippen molar-refractivity contribution in [1.82, 2.24) is 9.97 Å². The number of ether oxygens (including phenoxy) is 2. The van der Waals surface area contributed by atoms with Gasteiger partial charge in [0, 0.05) is 12.0 Å². The van der Waals surface area contributed by atoms with Crippen LogP contribution in [-0.2, 0) is 0 Å². The maximum Gasteiger partial charge on any atom is 0.223 e. The first-order valence-electron chi connectivity index (χ1n) is 7.21. The van der Waals surface area contributed by atoms with Crippen molar-refractivity contribution < 1.29 is 9.47 Å². The molecular weight excluding hydrogens is 264 g/mol. The van der Waals surface area contributed by atoms with Gasteiger partial charge in [-0.05, 0) is 18.1 Å². The van der Waals surface area contributed by atoms with Crippen molar-refractivity contribution in [3.63, 3.8) is 0 Å².